The molecule has 0 spiro atoms. The van der Waals surface area contributed by atoms with Crippen molar-refractivity contribution in [3.8, 4) is 11.5 Å². The Bertz CT molecular complexity index is 591. The molecule has 0 fully saturated rings. The summed E-state index contributed by atoms with van der Waals surface area (Å²) >= 11 is 0. The Morgan fingerprint density at radius 2 is 1.96 bits per heavy atom. The molecule has 0 atom stereocenters. The lowest BCUT2D eigenvalue weighted by Gasteiger charge is -2.04. The average molecular weight is 329 g/mol. The van der Waals surface area contributed by atoms with Crippen molar-refractivity contribution in [2.45, 2.75) is 39.5 Å². The van der Waals surface area contributed by atoms with E-state index in [9.17, 15) is 4.79 Å². The van der Waals surface area contributed by atoms with Gasteiger partial charge in [0, 0.05) is 6.54 Å². The molecule has 0 saturated carbocycles. The smallest absolute Gasteiger partial charge is 0.243 e. The van der Waals surface area contributed by atoms with Crippen LogP contribution in [-0.4, -0.2) is 19.2 Å². The van der Waals surface area contributed by atoms with Crippen LogP contribution in [0, 0.1) is 5.92 Å². The van der Waals surface area contributed by atoms with Crippen molar-refractivity contribution in [3.63, 3.8) is 0 Å². The van der Waals surface area contributed by atoms with E-state index in [4.69, 9.17) is 9.47 Å². The third-order valence-electron chi connectivity index (χ3n) is 3.65. The number of unbranched alkanes of at least 4 members (excludes halogenated alkanes) is 2. The molecule has 0 bridgehead atoms. The molecule has 1 heterocycles. The number of ether oxygens (including phenoxy) is 2. The van der Waals surface area contributed by atoms with E-state index in [-0.39, 0.29) is 5.91 Å². The predicted octanol–water partition coefficient (Wildman–Crippen LogP) is 4.01. The van der Waals surface area contributed by atoms with Gasteiger partial charge in [-0.05, 0) is 55.4 Å². The second-order valence-corrected chi connectivity index (χ2v) is 6.34. The minimum atomic E-state index is 0.00190. The van der Waals surface area contributed by atoms with E-state index >= 15 is 0 Å². The Hall–Kier alpha value is -2.23. The molecule has 4 nitrogen and oxygen atoms in total. The standard InChI is InChI=1S/C20H27NO3/c1-16(2)14-21-20(22)10-8-6-4-3-5-7-9-17-11-12-18-19(13-17)24-15-23-18/h5,7-8,10-13,16H,3-4,6,9,14-15H2,1-2H3,(H,21,22)/b7-5+,10-8+. The lowest BCUT2D eigenvalue weighted by molar-refractivity contribution is -0.116. The van der Waals surface area contributed by atoms with Crippen molar-refractivity contribution in [2.24, 2.45) is 5.92 Å². The van der Waals surface area contributed by atoms with Crippen molar-refractivity contribution >= 4 is 5.91 Å². The maximum Gasteiger partial charge on any atom is 0.243 e. The van der Waals surface area contributed by atoms with E-state index in [1.165, 1.54) is 5.56 Å². The Kier molecular flexibility index (Phi) is 7.40. The summed E-state index contributed by atoms with van der Waals surface area (Å²) in [7, 11) is 0. The van der Waals surface area contributed by atoms with Crippen molar-refractivity contribution in [1.82, 2.24) is 5.32 Å². The lowest BCUT2D eigenvalue weighted by atomic mass is 10.1. The number of carbonyl (C=O) groups excluding carboxylic acids is 1. The number of amides is 1. The maximum absolute atomic E-state index is 11.5. The van der Waals surface area contributed by atoms with Gasteiger partial charge in [-0.25, -0.2) is 0 Å². The highest BCUT2D eigenvalue weighted by Gasteiger charge is 2.12. The van der Waals surface area contributed by atoms with Crippen LogP contribution in [0.3, 0.4) is 0 Å². The quantitative estimate of drug-likeness (QED) is 0.423. The highest BCUT2D eigenvalue weighted by molar-refractivity contribution is 5.87. The molecule has 1 N–H and O–H groups in total. The summed E-state index contributed by atoms with van der Waals surface area (Å²) in [5.74, 6) is 2.15. The van der Waals surface area contributed by atoms with Gasteiger partial charge in [0.2, 0.25) is 12.7 Å². The van der Waals surface area contributed by atoms with E-state index in [1.54, 1.807) is 6.08 Å². The van der Waals surface area contributed by atoms with E-state index < -0.39 is 0 Å². The van der Waals surface area contributed by atoms with Crippen molar-refractivity contribution < 1.29 is 14.3 Å². The first-order valence-corrected chi connectivity index (χ1v) is 8.63. The van der Waals surface area contributed by atoms with Gasteiger partial charge in [0.05, 0.1) is 0 Å². The Balaban J connectivity index is 1.57. The number of fused-ring (bicyclic) bond motifs is 1. The first kappa shape index (κ1) is 18.1. The largest absolute Gasteiger partial charge is 0.454 e. The first-order valence-electron chi connectivity index (χ1n) is 8.63. The molecule has 1 aliphatic heterocycles. The molecule has 4 heteroatoms. The predicted molar refractivity (Wildman–Crippen MR) is 96.2 cm³/mol. The van der Waals surface area contributed by atoms with Gasteiger partial charge in [-0.15, -0.1) is 0 Å². The molecule has 0 aromatic heterocycles. The summed E-state index contributed by atoms with van der Waals surface area (Å²) in [5.41, 5.74) is 1.22. The average Bonchev–Trinajstić information content (AvgIpc) is 3.03. The molecule has 1 amide bonds. The molecule has 1 aliphatic rings. The summed E-state index contributed by atoms with van der Waals surface area (Å²) in [6.07, 6.45) is 11.8. The molecule has 0 aliphatic carbocycles. The lowest BCUT2D eigenvalue weighted by Crippen LogP contribution is -2.25. The van der Waals surface area contributed by atoms with Crippen LogP contribution in [0.1, 0.15) is 38.7 Å². The Morgan fingerprint density at radius 3 is 2.79 bits per heavy atom. The van der Waals surface area contributed by atoms with E-state index in [0.717, 1.165) is 43.7 Å². The fraction of sp³-hybridized carbons (Fsp3) is 0.450. The fourth-order valence-corrected chi connectivity index (χ4v) is 2.31. The zero-order valence-electron chi connectivity index (χ0n) is 14.6. The zero-order chi connectivity index (χ0) is 17.2. The van der Waals surface area contributed by atoms with Crippen molar-refractivity contribution in [2.75, 3.05) is 13.3 Å². The number of rotatable bonds is 9. The van der Waals surface area contributed by atoms with Crippen LogP contribution < -0.4 is 14.8 Å². The van der Waals surface area contributed by atoms with E-state index in [2.05, 4.69) is 37.4 Å². The van der Waals surface area contributed by atoms with Gasteiger partial charge in [0.15, 0.2) is 11.5 Å². The second-order valence-electron chi connectivity index (χ2n) is 6.34. The van der Waals surface area contributed by atoms with Crippen LogP contribution in [0.25, 0.3) is 0 Å². The first-order chi connectivity index (χ1) is 11.6. The van der Waals surface area contributed by atoms with Gasteiger partial charge in [0.1, 0.15) is 0 Å². The summed E-state index contributed by atoms with van der Waals surface area (Å²) in [6, 6.07) is 6.06. The minimum absolute atomic E-state index is 0.00190. The molecule has 1 aromatic carbocycles. The molecule has 1 aromatic rings. The van der Waals surface area contributed by atoms with Crippen LogP contribution >= 0.6 is 0 Å². The molecule has 0 saturated heterocycles. The van der Waals surface area contributed by atoms with E-state index in [1.807, 2.05) is 18.2 Å². The number of nitrogens with one attached hydrogen (secondary N) is 1. The summed E-state index contributed by atoms with van der Waals surface area (Å²) in [4.78, 5) is 11.5. The number of allylic oxidation sites excluding steroid dienone is 3. The van der Waals surface area contributed by atoms with Gasteiger partial charge >= 0.3 is 0 Å². The number of carbonyl (C=O) groups is 1. The molecule has 24 heavy (non-hydrogen) atoms. The van der Waals surface area contributed by atoms with Gasteiger partial charge in [-0.1, -0.05) is 38.1 Å². The molecule has 2 rings (SSSR count). The minimum Gasteiger partial charge on any atom is -0.454 e. The third-order valence-corrected chi connectivity index (χ3v) is 3.65. The molecular formula is C20H27NO3. The monoisotopic (exact) mass is 329 g/mol. The maximum atomic E-state index is 11.5. The van der Waals surface area contributed by atoms with Crippen LogP contribution in [0.2, 0.25) is 0 Å². The molecule has 130 valence electrons. The van der Waals surface area contributed by atoms with Crippen LogP contribution in [-0.2, 0) is 11.2 Å². The SMILES string of the molecule is CC(C)CNC(=O)/C=C/CCC/C=C/Cc1ccc2c(c1)OCO2. The van der Waals surface area contributed by atoms with Gasteiger partial charge in [-0.2, -0.15) is 0 Å². The van der Waals surface area contributed by atoms with Crippen LogP contribution in [0.4, 0.5) is 0 Å². The van der Waals surface area contributed by atoms with Gasteiger partial charge in [-0.3, -0.25) is 4.79 Å². The van der Waals surface area contributed by atoms with E-state index in [0.29, 0.717) is 12.7 Å². The van der Waals surface area contributed by atoms with Crippen LogP contribution in [0.15, 0.2) is 42.5 Å². The highest BCUT2D eigenvalue weighted by atomic mass is 16.7. The third kappa shape index (κ3) is 6.49. The number of hydrogen-bond donors (Lipinski definition) is 1. The topological polar surface area (TPSA) is 47.6 Å². The van der Waals surface area contributed by atoms with Crippen molar-refractivity contribution in [1.29, 1.82) is 0 Å². The number of hydrogen-bond acceptors (Lipinski definition) is 3. The normalized spacial score (nSPS) is 13.3. The summed E-state index contributed by atoms with van der Waals surface area (Å²) in [6.45, 7) is 5.21. The van der Waals surface area contributed by atoms with Crippen LogP contribution in [0.5, 0.6) is 11.5 Å². The fourth-order valence-electron chi connectivity index (χ4n) is 2.31. The van der Waals surface area contributed by atoms with Gasteiger partial charge in [0.25, 0.3) is 0 Å². The Labute approximate surface area is 144 Å². The van der Waals surface area contributed by atoms with Crippen molar-refractivity contribution in [3.05, 3.63) is 48.1 Å². The zero-order valence-corrected chi connectivity index (χ0v) is 14.6. The second kappa shape index (κ2) is 9.81. The summed E-state index contributed by atoms with van der Waals surface area (Å²) in [5, 5.41) is 2.87. The summed E-state index contributed by atoms with van der Waals surface area (Å²) < 4.78 is 10.7. The highest BCUT2D eigenvalue weighted by Crippen LogP contribution is 2.32. The molecule has 0 radical (unpaired) electrons. The molecule has 0 unspecified atom stereocenters. The van der Waals surface area contributed by atoms with Gasteiger partial charge < -0.3 is 14.8 Å². The molecular weight excluding hydrogens is 302 g/mol. The number of benzene rings is 1. The Morgan fingerprint density at radius 1 is 1.17 bits per heavy atom.